The molecule has 1 heterocycles. The Bertz CT molecular complexity index is 607. The van der Waals surface area contributed by atoms with Crippen molar-refractivity contribution in [1.29, 1.82) is 0 Å². The number of halogens is 1. The molecule has 0 N–H and O–H groups in total. The molecule has 1 aromatic heterocycles. The van der Waals surface area contributed by atoms with Gasteiger partial charge in [0.05, 0.1) is 0 Å². The summed E-state index contributed by atoms with van der Waals surface area (Å²) in [5, 5.41) is 0. The van der Waals surface area contributed by atoms with E-state index in [1.54, 1.807) is 12.4 Å². The number of nitrogens with zero attached hydrogens (tertiary/aromatic N) is 1. The van der Waals surface area contributed by atoms with Crippen molar-refractivity contribution in [2.75, 3.05) is 0 Å². The van der Waals surface area contributed by atoms with Gasteiger partial charge >= 0.3 is 0 Å². The van der Waals surface area contributed by atoms with E-state index < -0.39 is 0 Å². The van der Waals surface area contributed by atoms with Gasteiger partial charge in [0.2, 0.25) is 0 Å². The molecule has 0 saturated heterocycles. The molecule has 0 amide bonds. The predicted molar refractivity (Wildman–Crippen MR) is 77.2 cm³/mol. The van der Waals surface area contributed by atoms with Crippen LogP contribution in [0.25, 0.3) is 0 Å². The minimum absolute atomic E-state index is 0.879. The molecule has 0 radical (unpaired) electrons. The Morgan fingerprint density at radius 3 is 2.24 bits per heavy atom. The maximum Gasteiger partial charge on any atom is 0.0439 e. The Balaban J connectivity index is 2.09. The van der Waals surface area contributed by atoms with Gasteiger partial charge in [-0.15, -0.1) is 0 Å². The molecule has 80 valence electrons. The second kappa shape index (κ2) is 6.08. The van der Waals surface area contributed by atoms with Crippen LogP contribution >= 0.6 is 22.6 Å². The number of rotatable bonds is 0. The lowest BCUT2D eigenvalue weighted by Gasteiger charge is -1.88. The van der Waals surface area contributed by atoms with E-state index >= 15 is 0 Å². The van der Waals surface area contributed by atoms with E-state index in [0.717, 1.165) is 11.1 Å². The van der Waals surface area contributed by atoms with Crippen LogP contribution in [-0.4, -0.2) is 4.98 Å². The largest absolute Gasteiger partial charge is 0.263 e. The van der Waals surface area contributed by atoms with Crippen molar-refractivity contribution in [3.8, 4) is 23.7 Å². The third-order valence-corrected chi connectivity index (χ3v) is 2.70. The van der Waals surface area contributed by atoms with Gasteiger partial charge in [-0.05, 0) is 70.8 Å². The maximum atomic E-state index is 3.98. The number of hydrogen-bond donors (Lipinski definition) is 0. The number of aromatic nitrogens is 1. The van der Waals surface area contributed by atoms with E-state index in [9.17, 15) is 0 Å². The van der Waals surface area contributed by atoms with Gasteiger partial charge in [-0.2, -0.15) is 0 Å². The second-order valence-corrected chi connectivity index (χ2v) is 4.49. The van der Waals surface area contributed by atoms with Crippen LogP contribution < -0.4 is 0 Å². The van der Waals surface area contributed by atoms with Crippen molar-refractivity contribution in [1.82, 2.24) is 4.98 Å². The van der Waals surface area contributed by atoms with Crippen molar-refractivity contribution in [2.45, 2.75) is 0 Å². The van der Waals surface area contributed by atoms with Crippen molar-refractivity contribution in [3.63, 3.8) is 0 Å². The van der Waals surface area contributed by atoms with Crippen molar-refractivity contribution in [3.05, 3.63) is 63.5 Å². The molecule has 0 aliphatic carbocycles. The molecule has 0 atom stereocenters. The average Bonchev–Trinajstić information content (AvgIpc) is 2.38. The lowest BCUT2D eigenvalue weighted by atomic mass is 10.2. The number of benzene rings is 1. The fourth-order valence-corrected chi connectivity index (χ4v) is 1.54. The van der Waals surface area contributed by atoms with Gasteiger partial charge in [0, 0.05) is 27.1 Å². The first-order valence-corrected chi connectivity index (χ1v) is 6.10. The van der Waals surface area contributed by atoms with Gasteiger partial charge in [-0.25, -0.2) is 0 Å². The Morgan fingerprint density at radius 1 is 0.882 bits per heavy atom. The fraction of sp³-hybridized carbons (Fsp3) is 0. The highest BCUT2D eigenvalue weighted by Crippen LogP contribution is 2.05. The van der Waals surface area contributed by atoms with Crippen LogP contribution in [0.2, 0.25) is 0 Å². The Hall–Kier alpha value is -1.78. The zero-order valence-electron chi connectivity index (χ0n) is 8.94. The molecule has 0 aliphatic heterocycles. The molecule has 0 fully saturated rings. The van der Waals surface area contributed by atoms with Gasteiger partial charge in [-0.3, -0.25) is 4.98 Å². The molecule has 2 rings (SSSR count). The summed E-state index contributed by atoms with van der Waals surface area (Å²) >= 11 is 2.27. The van der Waals surface area contributed by atoms with Crippen molar-refractivity contribution < 1.29 is 0 Å². The standard InChI is InChI=1S/C15H8IN/c16-15-9-7-13(8-10-15)4-1-2-5-14-6-3-11-17-12-14/h3,6-12H. The molecule has 0 unspecified atom stereocenters. The first kappa shape index (κ1) is 11.7. The summed E-state index contributed by atoms with van der Waals surface area (Å²) in [5.74, 6) is 11.6. The summed E-state index contributed by atoms with van der Waals surface area (Å²) in [6.07, 6.45) is 3.45. The summed E-state index contributed by atoms with van der Waals surface area (Å²) in [5.41, 5.74) is 1.86. The zero-order chi connectivity index (χ0) is 11.9. The Labute approximate surface area is 114 Å². The van der Waals surface area contributed by atoms with E-state index in [2.05, 4.69) is 51.3 Å². The first-order chi connectivity index (χ1) is 8.34. The maximum absolute atomic E-state index is 3.98. The monoisotopic (exact) mass is 329 g/mol. The van der Waals surface area contributed by atoms with E-state index in [0.29, 0.717) is 0 Å². The summed E-state index contributed by atoms with van der Waals surface area (Å²) in [4.78, 5) is 3.98. The van der Waals surface area contributed by atoms with Gasteiger partial charge in [0.25, 0.3) is 0 Å². The highest BCUT2D eigenvalue weighted by atomic mass is 127. The van der Waals surface area contributed by atoms with Crippen LogP contribution in [0, 0.1) is 27.3 Å². The molecule has 0 spiro atoms. The predicted octanol–water partition coefficient (Wildman–Crippen LogP) is 3.09. The Kier molecular flexibility index (Phi) is 4.18. The lowest BCUT2D eigenvalue weighted by molar-refractivity contribution is 1.31. The minimum Gasteiger partial charge on any atom is -0.263 e. The molecule has 0 saturated carbocycles. The van der Waals surface area contributed by atoms with E-state index in [1.165, 1.54) is 3.57 Å². The third-order valence-electron chi connectivity index (χ3n) is 1.98. The van der Waals surface area contributed by atoms with E-state index in [1.807, 2.05) is 36.4 Å². The molecule has 2 aromatic rings. The third kappa shape index (κ3) is 3.94. The topological polar surface area (TPSA) is 12.9 Å². The van der Waals surface area contributed by atoms with E-state index in [-0.39, 0.29) is 0 Å². The van der Waals surface area contributed by atoms with Crippen LogP contribution in [0.1, 0.15) is 11.1 Å². The molecular formula is C15H8IN. The molecule has 1 nitrogen and oxygen atoms in total. The normalized spacial score (nSPS) is 8.53. The molecule has 17 heavy (non-hydrogen) atoms. The van der Waals surface area contributed by atoms with Crippen molar-refractivity contribution >= 4 is 22.6 Å². The van der Waals surface area contributed by atoms with Crippen LogP contribution in [-0.2, 0) is 0 Å². The highest BCUT2D eigenvalue weighted by Gasteiger charge is 1.85. The number of hydrogen-bond acceptors (Lipinski definition) is 1. The molecular weight excluding hydrogens is 321 g/mol. The fourth-order valence-electron chi connectivity index (χ4n) is 1.18. The van der Waals surface area contributed by atoms with Crippen LogP contribution in [0.5, 0.6) is 0 Å². The SMILES string of the molecule is Ic1ccc(C#CC#Cc2cccnc2)cc1. The molecule has 0 aliphatic rings. The average molecular weight is 329 g/mol. The van der Waals surface area contributed by atoms with Crippen molar-refractivity contribution in [2.24, 2.45) is 0 Å². The Morgan fingerprint density at radius 2 is 1.59 bits per heavy atom. The summed E-state index contributed by atoms with van der Waals surface area (Å²) in [6.45, 7) is 0. The number of pyridine rings is 1. The quantitative estimate of drug-likeness (QED) is 0.535. The zero-order valence-corrected chi connectivity index (χ0v) is 11.1. The summed E-state index contributed by atoms with van der Waals surface area (Å²) < 4.78 is 1.20. The molecule has 0 bridgehead atoms. The van der Waals surface area contributed by atoms with Crippen LogP contribution in [0.15, 0.2) is 48.8 Å². The molecule has 2 heteroatoms. The summed E-state index contributed by atoms with van der Waals surface area (Å²) in [6, 6.07) is 11.8. The minimum atomic E-state index is 0.879. The van der Waals surface area contributed by atoms with Crippen LogP contribution in [0.4, 0.5) is 0 Å². The molecule has 1 aromatic carbocycles. The van der Waals surface area contributed by atoms with Gasteiger partial charge < -0.3 is 0 Å². The summed E-state index contributed by atoms with van der Waals surface area (Å²) in [7, 11) is 0. The lowest BCUT2D eigenvalue weighted by Crippen LogP contribution is -1.75. The van der Waals surface area contributed by atoms with Gasteiger partial charge in [0.1, 0.15) is 0 Å². The van der Waals surface area contributed by atoms with E-state index in [4.69, 9.17) is 0 Å². The first-order valence-electron chi connectivity index (χ1n) is 5.02. The van der Waals surface area contributed by atoms with Gasteiger partial charge in [0.15, 0.2) is 0 Å². The van der Waals surface area contributed by atoms with Crippen LogP contribution in [0.3, 0.4) is 0 Å². The second-order valence-electron chi connectivity index (χ2n) is 3.25. The van der Waals surface area contributed by atoms with Gasteiger partial charge in [-0.1, -0.05) is 11.8 Å². The smallest absolute Gasteiger partial charge is 0.0439 e. The highest BCUT2D eigenvalue weighted by molar-refractivity contribution is 14.1.